The topological polar surface area (TPSA) is 38.0 Å². The second kappa shape index (κ2) is 5.15. The third-order valence-corrected chi connectivity index (χ3v) is 3.83. The molecule has 1 aliphatic rings. The van der Waals surface area contributed by atoms with Gasteiger partial charge < -0.3 is 5.11 Å². The van der Waals surface area contributed by atoms with Crippen LogP contribution in [-0.2, 0) is 13.0 Å². The zero-order valence-corrected chi connectivity index (χ0v) is 11.0. The number of hydrogen-bond donors (Lipinski definition) is 1. The summed E-state index contributed by atoms with van der Waals surface area (Å²) in [5.41, 5.74) is -0.452. The fourth-order valence-corrected chi connectivity index (χ4v) is 2.83. The highest BCUT2D eigenvalue weighted by Gasteiger charge is 2.46. The van der Waals surface area contributed by atoms with Crippen molar-refractivity contribution in [1.29, 1.82) is 0 Å². The van der Waals surface area contributed by atoms with Gasteiger partial charge in [-0.15, -0.1) is 0 Å². The molecule has 19 heavy (non-hydrogen) atoms. The van der Waals surface area contributed by atoms with Crippen LogP contribution in [0.2, 0.25) is 0 Å². The molecule has 108 valence electrons. The smallest absolute Gasteiger partial charge is 0.390 e. The molecule has 0 bridgehead atoms. The number of aliphatic hydroxyl groups is 1. The third-order valence-electron chi connectivity index (χ3n) is 3.83. The number of alkyl halides is 3. The number of nitrogens with zero attached hydrogens (tertiary/aromatic N) is 2. The predicted octanol–water partition coefficient (Wildman–Crippen LogP) is 2.93. The van der Waals surface area contributed by atoms with Crippen molar-refractivity contribution in [3.8, 4) is 0 Å². The van der Waals surface area contributed by atoms with Crippen molar-refractivity contribution in [3.05, 3.63) is 18.0 Å². The first-order valence-electron chi connectivity index (χ1n) is 6.63. The zero-order chi connectivity index (χ0) is 14.1. The summed E-state index contributed by atoms with van der Waals surface area (Å²) in [5.74, 6) is -1.38. The molecule has 2 atom stereocenters. The SMILES string of the molecule is CCn1cc(CC2(O)CCCC(C(F)(F)F)C2)cn1. The van der Waals surface area contributed by atoms with Crippen LogP contribution in [-0.4, -0.2) is 26.7 Å². The van der Waals surface area contributed by atoms with Crippen LogP contribution >= 0.6 is 0 Å². The Hall–Kier alpha value is -1.04. The van der Waals surface area contributed by atoms with E-state index in [1.807, 2.05) is 6.92 Å². The average Bonchev–Trinajstić information content (AvgIpc) is 2.75. The van der Waals surface area contributed by atoms with Crippen molar-refractivity contribution in [2.24, 2.45) is 5.92 Å². The van der Waals surface area contributed by atoms with Gasteiger partial charge in [-0.05, 0) is 38.2 Å². The normalized spacial score (nSPS) is 28.6. The van der Waals surface area contributed by atoms with Gasteiger partial charge in [0.25, 0.3) is 0 Å². The molecule has 0 saturated heterocycles. The molecule has 1 N–H and O–H groups in total. The highest BCUT2D eigenvalue weighted by molar-refractivity contribution is 5.09. The molecule has 0 aliphatic heterocycles. The van der Waals surface area contributed by atoms with Crippen LogP contribution in [0.3, 0.4) is 0 Å². The number of aromatic nitrogens is 2. The van der Waals surface area contributed by atoms with Crippen LogP contribution in [0.25, 0.3) is 0 Å². The molecular weight excluding hydrogens is 257 g/mol. The minimum Gasteiger partial charge on any atom is -0.390 e. The molecule has 0 spiro atoms. The lowest BCUT2D eigenvalue weighted by molar-refractivity contribution is -0.200. The first-order valence-corrected chi connectivity index (χ1v) is 6.63. The molecule has 3 nitrogen and oxygen atoms in total. The Morgan fingerprint density at radius 1 is 1.53 bits per heavy atom. The molecule has 2 unspecified atom stereocenters. The molecule has 6 heteroatoms. The summed E-state index contributed by atoms with van der Waals surface area (Å²) in [6.07, 6.45) is 0.225. The van der Waals surface area contributed by atoms with Crippen molar-refractivity contribution in [1.82, 2.24) is 9.78 Å². The lowest BCUT2D eigenvalue weighted by Crippen LogP contribution is -2.41. The third kappa shape index (κ3) is 3.49. The van der Waals surface area contributed by atoms with Crippen molar-refractivity contribution in [2.75, 3.05) is 0 Å². The van der Waals surface area contributed by atoms with Crippen LogP contribution in [0, 0.1) is 5.92 Å². The molecule has 1 heterocycles. The van der Waals surface area contributed by atoms with E-state index in [1.54, 1.807) is 17.1 Å². The van der Waals surface area contributed by atoms with Crippen LogP contribution in [0.1, 0.15) is 38.2 Å². The zero-order valence-electron chi connectivity index (χ0n) is 11.0. The number of rotatable bonds is 3. The Kier molecular flexibility index (Phi) is 3.90. The first-order chi connectivity index (χ1) is 8.82. The van der Waals surface area contributed by atoms with E-state index in [1.165, 1.54) is 0 Å². The van der Waals surface area contributed by atoms with Crippen molar-refractivity contribution >= 4 is 0 Å². The van der Waals surface area contributed by atoms with E-state index in [-0.39, 0.29) is 19.3 Å². The molecule has 1 fully saturated rings. The van der Waals surface area contributed by atoms with Crippen molar-refractivity contribution < 1.29 is 18.3 Å². The van der Waals surface area contributed by atoms with E-state index in [4.69, 9.17) is 0 Å². The first kappa shape index (κ1) is 14.4. The lowest BCUT2D eigenvalue weighted by Gasteiger charge is -2.37. The van der Waals surface area contributed by atoms with Gasteiger partial charge in [0.15, 0.2) is 0 Å². The monoisotopic (exact) mass is 276 g/mol. The molecule has 1 aromatic rings. The summed E-state index contributed by atoms with van der Waals surface area (Å²) >= 11 is 0. The van der Waals surface area contributed by atoms with Gasteiger partial charge in [0.05, 0.1) is 17.7 Å². The van der Waals surface area contributed by atoms with Crippen molar-refractivity contribution in [2.45, 2.75) is 57.3 Å². The van der Waals surface area contributed by atoms with Crippen LogP contribution in [0.15, 0.2) is 12.4 Å². The Morgan fingerprint density at radius 2 is 2.26 bits per heavy atom. The van der Waals surface area contributed by atoms with E-state index >= 15 is 0 Å². The van der Waals surface area contributed by atoms with Crippen molar-refractivity contribution in [3.63, 3.8) is 0 Å². The summed E-state index contributed by atoms with van der Waals surface area (Å²) in [5, 5.41) is 14.5. The molecule has 2 rings (SSSR count). The summed E-state index contributed by atoms with van der Waals surface area (Å²) in [6.45, 7) is 2.65. The Bertz CT molecular complexity index is 430. The summed E-state index contributed by atoms with van der Waals surface area (Å²) in [7, 11) is 0. The molecule has 0 aromatic carbocycles. The Labute approximate surface area is 110 Å². The molecule has 1 aliphatic carbocycles. The van der Waals surface area contributed by atoms with E-state index in [2.05, 4.69) is 5.10 Å². The molecule has 1 aromatic heterocycles. The van der Waals surface area contributed by atoms with Gasteiger partial charge in [0.1, 0.15) is 0 Å². The van der Waals surface area contributed by atoms with Gasteiger partial charge in [-0.3, -0.25) is 4.68 Å². The van der Waals surface area contributed by atoms with E-state index in [0.29, 0.717) is 19.4 Å². The van der Waals surface area contributed by atoms with E-state index in [0.717, 1.165) is 5.56 Å². The highest BCUT2D eigenvalue weighted by Crippen LogP contribution is 2.42. The fourth-order valence-electron chi connectivity index (χ4n) is 2.83. The van der Waals surface area contributed by atoms with E-state index in [9.17, 15) is 18.3 Å². The van der Waals surface area contributed by atoms with Gasteiger partial charge in [-0.2, -0.15) is 18.3 Å². The lowest BCUT2D eigenvalue weighted by atomic mass is 9.75. The van der Waals surface area contributed by atoms with Crippen LogP contribution < -0.4 is 0 Å². The number of aryl methyl sites for hydroxylation is 1. The molecule has 1 saturated carbocycles. The molecular formula is C13H19F3N2O. The fraction of sp³-hybridized carbons (Fsp3) is 0.769. The van der Waals surface area contributed by atoms with Gasteiger partial charge in [-0.1, -0.05) is 0 Å². The van der Waals surface area contributed by atoms with Gasteiger partial charge >= 0.3 is 6.18 Å². The second-order valence-corrected chi connectivity index (χ2v) is 5.44. The number of hydrogen-bond acceptors (Lipinski definition) is 2. The van der Waals surface area contributed by atoms with Gasteiger partial charge in [0, 0.05) is 19.2 Å². The maximum Gasteiger partial charge on any atom is 0.391 e. The van der Waals surface area contributed by atoms with Crippen LogP contribution in [0.5, 0.6) is 0 Å². The minimum atomic E-state index is -4.21. The minimum absolute atomic E-state index is 0.125. The standard InChI is InChI=1S/C13H19F3N2O/c1-2-18-9-10(8-17-18)6-12(19)5-3-4-11(7-12)13(14,15)16/h8-9,11,19H,2-7H2,1H3. The summed E-state index contributed by atoms with van der Waals surface area (Å²) < 4.78 is 40.0. The average molecular weight is 276 g/mol. The Balaban J connectivity index is 2.05. The second-order valence-electron chi connectivity index (χ2n) is 5.44. The van der Waals surface area contributed by atoms with Crippen LogP contribution in [0.4, 0.5) is 13.2 Å². The summed E-state index contributed by atoms with van der Waals surface area (Å²) in [4.78, 5) is 0. The predicted molar refractivity (Wildman–Crippen MR) is 64.6 cm³/mol. The Morgan fingerprint density at radius 3 is 2.84 bits per heavy atom. The summed E-state index contributed by atoms with van der Waals surface area (Å²) in [6, 6.07) is 0. The largest absolute Gasteiger partial charge is 0.391 e. The molecule has 0 radical (unpaired) electrons. The quantitative estimate of drug-likeness (QED) is 0.921. The van der Waals surface area contributed by atoms with Gasteiger partial charge in [-0.25, -0.2) is 0 Å². The molecule has 0 amide bonds. The van der Waals surface area contributed by atoms with E-state index < -0.39 is 17.7 Å². The number of halogens is 3. The highest BCUT2D eigenvalue weighted by atomic mass is 19.4. The maximum absolute atomic E-state index is 12.8. The van der Waals surface area contributed by atoms with Gasteiger partial charge in [0.2, 0.25) is 0 Å². The maximum atomic E-state index is 12.8.